The molecule has 0 spiro atoms. The number of carboxylic acid groups (broad SMARTS) is 1. The molecule has 1 fully saturated rings. The number of aromatic nitrogens is 2. The lowest BCUT2D eigenvalue weighted by Gasteiger charge is -2.38. The maximum Gasteiger partial charge on any atom is 0.329 e. The van der Waals surface area contributed by atoms with Gasteiger partial charge in [0.15, 0.2) is 0 Å². The number of hydrogen-bond donors (Lipinski definition) is 2. The van der Waals surface area contributed by atoms with Crippen LogP contribution < -0.4 is 5.32 Å². The summed E-state index contributed by atoms with van der Waals surface area (Å²) < 4.78 is 0. The quantitative estimate of drug-likeness (QED) is 0.761. The van der Waals surface area contributed by atoms with Gasteiger partial charge in [0.1, 0.15) is 5.54 Å². The Morgan fingerprint density at radius 1 is 1.38 bits per heavy atom. The van der Waals surface area contributed by atoms with Crippen molar-refractivity contribution in [3.05, 3.63) is 24.0 Å². The summed E-state index contributed by atoms with van der Waals surface area (Å²) in [6.45, 7) is 0. The maximum atomic E-state index is 11.7. The lowest BCUT2D eigenvalue weighted by Crippen LogP contribution is -2.59. The molecule has 6 nitrogen and oxygen atoms in total. The van der Waals surface area contributed by atoms with Gasteiger partial charge in [-0.25, -0.2) is 4.79 Å². The lowest BCUT2D eigenvalue weighted by molar-refractivity contribution is -0.148. The van der Waals surface area contributed by atoms with Crippen LogP contribution in [0.5, 0.6) is 0 Å². The van der Waals surface area contributed by atoms with Crippen molar-refractivity contribution >= 4 is 11.9 Å². The van der Waals surface area contributed by atoms with Crippen LogP contribution in [-0.4, -0.2) is 32.7 Å². The van der Waals surface area contributed by atoms with Gasteiger partial charge in [-0.1, -0.05) is 0 Å². The molecule has 1 aliphatic rings. The average molecular weight is 221 g/mol. The van der Waals surface area contributed by atoms with Crippen molar-refractivity contribution in [3.63, 3.8) is 0 Å². The number of nitrogens with zero attached hydrogens (tertiary/aromatic N) is 2. The van der Waals surface area contributed by atoms with E-state index in [1.54, 1.807) is 0 Å². The highest BCUT2D eigenvalue weighted by atomic mass is 16.4. The first-order valence-corrected chi connectivity index (χ1v) is 4.97. The number of rotatable bonds is 3. The summed E-state index contributed by atoms with van der Waals surface area (Å²) in [7, 11) is 0. The Kier molecular flexibility index (Phi) is 2.55. The van der Waals surface area contributed by atoms with E-state index in [0.29, 0.717) is 18.4 Å². The Labute approximate surface area is 91.7 Å². The van der Waals surface area contributed by atoms with Gasteiger partial charge in [-0.2, -0.15) is 10.2 Å². The zero-order valence-corrected chi connectivity index (χ0v) is 8.51. The van der Waals surface area contributed by atoms with Gasteiger partial charge in [0, 0.05) is 0 Å². The van der Waals surface area contributed by atoms with Crippen LogP contribution in [0.2, 0.25) is 0 Å². The molecule has 0 aliphatic heterocycles. The highest BCUT2D eigenvalue weighted by molar-refractivity contribution is 5.97. The van der Waals surface area contributed by atoms with E-state index in [2.05, 4.69) is 15.5 Å². The van der Waals surface area contributed by atoms with Crippen molar-refractivity contribution in [1.82, 2.24) is 15.5 Å². The monoisotopic (exact) mass is 221 g/mol. The SMILES string of the molecule is O=C(NC1(C(=O)O)CCC1)c1ccnnc1. The van der Waals surface area contributed by atoms with Crippen molar-refractivity contribution in [2.75, 3.05) is 0 Å². The minimum Gasteiger partial charge on any atom is -0.480 e. The zero-order valence-electron chi connectivity index (χ0n) is 8.51. The Bertz CT molecular complexity index is 415. The number of carbonyl (C=O) groups is 2. The second-order valence-electron chi connectivity index (χ2n) is 3.83. The predicted octanol–water partition coefficient (Wildman–Crippen LogP) is 0.214. The van der Waals surface area contributed by atoms with Crippen LogP contribution in [0.1, 0.15) is 29.6 Å². The molecule has 0 atom stereocenters. The molecule has 0 radical (unpaired) electrons. The van der Waals surface area contributed by atoms with E-state index >= 15 is 0 Å². The first-order chi connectivity index (χ1) is 7.64. The molecule has 2 rings (SSSR count). The molecular weight excluding hydrogens is 210 g/mol. The topological polar surface area (TPSA) is 92.2 Å². The van der Waals surface area contributed by atoms with Gasteiger partial charge in [-0.3, -0.25) is 4.79 Å². The van der Waals surface area contributed by atoms with Crippen LogP contribution in [-0.2, 0) is 4.79 Å². The normalized spacial score (nSPS) is 17.2. The second kappa shape index (κ2) is 3.88. The van der Waals surface area contributed by atoms with E-state index < -0.39 is 17.4 Å². The van der Waals surface area contributed by atoms with Crippen LogP contribution in [0.25, 0.3) is 0 Å². The Morgan fingerprint density at radius 3 is 2.56 bits per heavy atom. The molecule has 1 amide bonds. The van der Waals surface area contributed by atoms with E-state index in [4.69, 9.17) is 5.11 Å². The standard InChI is InChI=1S/C10H11N3O3/c14-8(7-2-5-11-12-6-7)13-10(9(15)16)3-1-4-10/h2,5-6H,1,3-4H2,(H,13,14)(H,15,16). The largest absolute Gasteiger partial charge is 0.480 e. The number of nitrogens with one attached hydrogen (secondary N) is 1. The molecule has 1 aromatic rings. The highest BCUT2D eigenvalue weighted by Gasteiger charge is 2.45. The summed E-state index contributed by atoms with van der Waals surface area (Å²) in [5.41, 5.74) is -0.761. The van der Waals surface area contributed by atoms with Gasteiger partial charge < -0.3 is 10.4 Å². The van der Waals surface area contributed by atoms with Gasteiger partial charge in [-0.15, -0.1) is 0 Å². The molecule has 1 aliphatic carbocycles. The summed E-state index contributed by atoms with van der Waals surface area (Å²) in [5.74, 6) is -1.40. The molecule has 16 heavy (non-hydrogen) atoms. The summed E-state index contributed by atoms with van der Waals surface area (Å²) in [6, 6.07) is 1.50. The van der Waals surface area contributed by atoms with Crippen molar-refractivity contribution in [1.29, 1.82) is 0 Å². The summed E-state index contributed by atoms with van der Waals surface area (Å²) in [4.78, 5) is 22.7. The molecular formula is C10H11N3O3. The predicted molar refractivity (Wildman–Crippen MR) is 53.7 cm³/mol. The Balaban J connectivity index is 2.10. The number of carboxylic acids is 1. The molecule has 1 saturated carbocycles. The summed E-state index contributed by atoms with van der Waals surface area (Å²) >= 11 is 0. The van der Waals surface area contributed by atoms with E-state index in [1.807, 2.05) is 0 Å². The van der Waals surface area contributed by atoms with Gasteiger partial charge in [-0.05, 0) is 25.3 Å². The molecule has 0 bridgehead atoms. The van der Waals surface area contributed by atoms with E-state index in [1.165, 1.54) is 18.5 Å². The molecule has 0 aromatic carbocycles. The van der Waals surface area contributed by atoms with Crippen molar-refractivity contribution in [2.45, 2.75) is 24.8 Å². The average Bonchev–Trinajstić information content (AvgIpc) is 2.24. The fraction of sp³-hybridized carbons (Fsp3) is 0.400. The molecule has 0 saturated heterocycles. The van der Waals surface area contributed by atoms with Crippen LogP contribution in [0, 0.1) is 0 Å². The van der Waals surface area contributed by atoms with Gasteiger partial charge in [0.05, 0.1) is 18.0 Å². The number of aliphatic carboxylic acids is 1. The highest BCUT2D eigenvalue weighted by Crippen LogP contribution is 2.32. The number of hydrogen-bond acceptors (Lipinski definition) is 4. The third-order valence-electron chi connectivity index (χ3n) is 2.82. The molecule has 6 heteroatoms. The Hall–Kier alpha value is -1.98. The summed E-state index contributed by atoms with van der Waals surface area (Å²) in [6.07, 6.45) is 4.48. The Morgan fingerprint density at radius 2 is 2.12 bits per heavy atom. The third-order valence-corrected chi connectivity index (χ3v) is 2.82. The van der Waals surface area contributed by atoms with Crippen LogP contribution in [0.4, 0.5) is 0 Å². The van der Waals surface area contributed by atoms with Crippen LogP contribution in [0.15, 0.2) is 18.5 Å². The smallest absolute Gasteiger partial charge is 0.329 e. The number of amides is 1. The minimum absolute atomic E-state index is 0.322. The number of carbonyl (C=O) groups excluding carboxylic acids is 1. The summed E-state index contributed by atoms with van der Waals surface area (Å²) in [5, 5.41) is 18.7. The van der Waals surface area contributed by atoms with E-state index in [-0.39, 0.29) is 0 Å². The second-order valence-corrected chi connectivity index (χ2v) is 3.83. The molecule has 2 N–H and O–H groups in total. The minimum atomic E-state index is -1.08. The van der Waals surface area contributed by atoms with Gasteiger partial charge >= 0.3 is 5.97 Å². The van der Waals surface area contributed by atoms with E-state index in [0.717, 1.165) is 6.42 Å². The maximum absolute atomic E-state index is 11.7. The van der Waals surface area contributed by atoms with Gasteiger partial charge in [0.25, 0.3) is 5.91 Å². The fourth-order valence-corrected chi connectivity index (χ4v) is 1.64. The van der Waals surface area contributed by atoms with Crippen LogP contribution in [0.3, 0.4) is 0 Å². The van der Waals surface area contributed by atoms with Crippen molar-refractivity contribution in [3.8, 4) is 0 Å². The molecule has 1 heterocycles. The van der Waals surface area contributed by atoms with Crippen LogP contribution >= 0.6 is 0 Å². The van der Waals surface area contributed by atoms with E-state index in [9.17, 15) is 9.59 Å². The molecule has 0 unspecified atom stereocenters. The lowest BCUT2D eigenvalue weighted by atomic mass is 9.76. The third kappa shape index (κ3) is 1.73. The molecule has 1 aromatic heterocycles. The first-order valence-electron chi connectivity index (χ1n) is 4.97. The van der Waals surface area contributed by atoms with Gasteiger partial charge in [0.2, 0.25) is 0 Å². The van der Waals surface area contributed by atoms with Crippen molar-refractivity contribution < 1.29 is 14.7 Å². The fourth-order valence-electron chi connectivity index (χ4n) is 1.64. The zero-order chi connectivity index (χ0) is 11.6. The first kappa shape index (κ1) is 10.5. The van der Waals surface area contributed by atoms with Crippen molar-refractivity contribution in [2.24, 2.45) is 0 Å². The molecule has 84 valence electrons.